The number of nitrogens with zero attached hydrogens (tertiary/aromatic N) is 3. The highest BCUT2D eigenvalue weighted by Gasteiger charge is 2.20. The van der Waals surface area contributed by atoms with Gasteiger partial charge in [0.25, 0.3) is 0 Å². The van der Waals surface area contributed by atoms with Crippen LogP contribution in [0.1, 0.15) is 23.1 Å². The van der Waals surface area contributed by atoms with Crippen molar-refractivity contribution in [3.05, 3.63) is 71.3 Å². The molecule has 0 aromatic heterocycles. The number of piperazine rings is 1. The molecular formula is C23H29N3. The van der Waals surface area contributed by atoms with E-state index >= 15 is 0 Å². The molecule has 4 rings (SSSR count). The first-order valence-corrected chi connectivity index (χ1v) is 9.72. The minimum Gasteiger partial charge on any atom is -0.370 e. The van der Waals surface area contributed by atoms with Crippen LogP contribution in [0.15, 0.2) is 54.6 Å². The molecule has 136 valence electrons. The lowest BCUT2D eigenvalue weighted by Crippen LogP contribution is -2.44. The molecule has 2 aromatic carbocycles. The summed E-state index contributed by atoms with van der Waals surface area (Å²) in [5.41, 5.74) is 6.89. The predicted octanol–water partition coefficient (Wildman–Crippen LogP) is 3.71. The summed E-state index contributed by atoms with van der Waals surface area (Å²) in [6.07, 6.45) is 3.57. The van der Waals surface area contributed by atoms with Gasteiger partial charge in [0.1, 0.15) is 0 Å². The SMILES string of the molecule is CN1CCN(CC/C=C2\c3ccccc3CN(C)c3ccccc32)CC1. The Morgan fingerprint density at radius 1 is 0.846 bits per heavy atom. The van der Waals surface area contributed by atoms with Crippen molar-refractivity contribution in [2.24, 2.45) is 0 Å². The van der Waals surface area contributed by atoms with Gasteiger partial charge in [-0.2, -0.15) is 0 Å². The van der Waals surface area contributed by atoms with Crippen LogP contribution in [0.25, 0.3) is 5.57 Å². The first kappa shape index (κ1) is 17.3. The summed E-state index contributed by atoms with van der Waals surface area (Å²) in [5, 5.41) is 0. The van der Waals surface area contributed by atoms with Crippen LogP contribution < -0.4 is 4.90 Å². The lowest BCUT2D eigenvalue weighted by atomic mass is 9.93. The monoisotopic (exact) mass is 347 g/mol. The van der Waals surface area contributed by atoms with Crippen LogP contribution in [0.5, 0.6) is 0 Å². The van der Waals surface area contributed by atoms with E-state index in [1.165, 1.54) is 54.1 Å². The molecule has 0 aliphatic carbocycles. The van der Waals surface area contributed by atoms with E-state index in [1.54, 1.807) is 0 Å². The maximum atomic E-state index is 2.59. The van der Waals surface area contributed by atoms with Crippen LogP contribution in [-0.4, -0.2) is 56.6 Å². The number of hydrogen-bond acceptors (Lipinski definition) is 3. The summed E-state index contributed by atoms with van der Waals surface area (Å²) in [6.45, 7) is 6.87. The van der Waals surface area contributed by atoms with Crippen molar-refractivity contribution in [3.8, 4) is 0 Å². The Balaban J connectivity index is 1.62. The van der Waals surface area contributed by atoms with Crippen molar-refractivity contribution in [2.45, 2.75) is 13.0 Å². The highest BCUT2D eigenvalue weighted by atomic mass is 15.2. The third kappa shape index (κ3) is 3.55. The van der Waals surface area contributed by atoms with Gasteiger partial charge in [0.15, 0.2) is 0 Å². The Bertz CT molecular complexity index is 788. The largest absolute Gasteiger partial charge is 0.370 e. The van der Waals surface area contributed by atoms with E-state index in [-0.39, 0.29) is 0 Å². The Morgan fingerprint density at radius 2 is 1.54 bits per heavy atom. The third-order valence-corrected chi connectivity index (χ3v) is 5.71. The second-order valence-corrected chi connectivity index (χ2v) is 7.58. The van der Waals surface area contributed by atoms with E-state index in [2.05, 4.69) is 83.4 Å². The molecule has 3 heteroatoms. The number of anilines is 1. The molecule has 0 N–H and O–H groups in total. The fourth-order valence-corrected chi connectivity index (χ4v) is 4.12. The summed E-state index contributed by atoms with van der Waals surface area (Å²) < 4.78 is 0. The fourth-order valence-electron chi connectivity index (χ4n) is 4.12. The Kier molecular flexibility index (Phi) is 5.09. The van der Waals surface area contributed by atoms with E-state index in [4.69, 9.17) is 0 Å². The third-order valence-electron chi connectivity index (χ3n) is 5.71. The van der Waals surface area contributed by atoms with Crippen LogP contribution in [0.2, 0.25) is 0 Å². The number of para-hydroxylation sites is 1. The Hall–Kier alpha value is -2.10. The number of likely N-dealkylation sites (N-methyl/N-ethyl adjacent to an activating group) is 1. The summed E-state index contributed by atoms with van der Waals surface area (Å²) in [4.78, 5) is 7.38. The van der Waals surface area contributed by atoms with Gasteiger partial charge >= 0.3 is 0 Å². The Labute approximate surface area is 157 Å². The predicted molar refractivity (Wildman–Crippen MR) is 111 cm³/mol. The second-order valence-electron chi connectivity index (χ2n) is 7.58. The number of hydrogen-bond donors (Lipinski definition) is 0. The molecular weight excluding hydrogens is 318 g/mol. The summed E-state index contributed by atoms with van der Waals surface area (Å²) in [7, 11) is 4.41. The standard InChI is InChI=1S/C23H29N3/c1-24-14-16-26(17-15-24)13-7-11-21-20-9-4-3-8-19(20)18-25(2)23-12-6-5-10-22(21)23/h3-6,8-12H,7,13-18H2,1-2H3/b21-11+. The molecule has 0 spiro atoms. The van der Waals surface area contributed by atoms with Gasteiger partial charge in [-0.05, 0) is 36.2 Å². The van der Waals surface area contributed by atoms with E-state index in [9.17, 15) is 0 Å². The fraction of sp³-hybridized carbons (Fsp3) is 0.391. The van der Waals surface area contributed by atoms with Crippen molar-refractivity contribution in [3.63, 3.8) is 0 Å². The van der Waals surface area contributed by atoms with Crippen molar-refractivity contribution in [1.82, 2.24) is 9.80 Å². The lowest BCUT2D eigenvalue weighted by molar-refractivity contribution is 0.156. The maximum absolute atomic E-state index is 2.59. The van der Waals surface area contributed by atoms with Crippen LogP contribution in [0.4, 0.5) is 5.69 Å². The number of benzene rings is 2. The van der Waals surface area contributed by atoms with Crippen LogP contribution in [-0.2, 0) is 6.54 Å². The minimum atomic E-state index is 0.961. The molecule has 0 unspecified atom stereocenters. The number of rotatable bonds is 3. The zero-order valence-corrected chi connectivity index (χ0v) is 16.0. The van der Waals surface area contributed by atoms with E-state index in [0.29, 0.717) is 0 Å². The summed E-state index contributed by atoms with van der Waals surface area (Å²) in [5.74, 6) is 0. The topological polar surface area (TPSA) is 9.72 Å². The van der Waals surface area contributed by atoms with Crippen LogP contribution in [0, 0.1) is 0 Å². The van der Waals surface area contributed by atoms with Gasteiger partial charge in [-0.1, -0.05) is 48.5 Å². The Morgan fingerprint density at radius 3 is 2.35 bits per heavy atom. The lowest BCUT2D eigenvalue weighted by Gasteiger charge is -2.32. The quantitative estimate of drug-likeness (QED) is 0.838. The second kappa shape index (κ2) is 7.65. The molecule has 2 aliphatic rings. The van der Waals surface area contributed by atoms with Gasteiger partial charge in [-0.15, -0.1) is 0 Å². The zero-order valence-electron chi connectivity index (χ0n) is 16.0. The molecule has 0 bridgehead atoms. The van der Waals surface area contributed by atoms with Gasteiger partial charge in [0.05, 0.1) is 0 Å². The van der Waals surface area contributed by atoms with Gasteiger partial charge < -0.3 is 14.7 Å². The average molecular weight is 348 g/mol. The summed E-state index contributed by atoms with van der Waals surface area (Å²) in [6, 6.07) is 17.7. The van der Waals surface area contributed by atoms with Crippen molar-refractivity contribution in [1.29, 1.82) is 0 Å². The highest BCUT2D eigenvalue weighted by Crippen LogP contribution is 2.37. The smallest absolute Gasteiger partial charge is 0.0446 e. The van der Waals surface area contributed by atoms with E-state index in [1.807, 2.05) is 0 Å². The van der Waals surface area contributed by atoms with Crippen LogP contribution >= 0.6 is 0 Å². The molecule has 2 aromatic rings. The maximum Gasteiger partial charge on any atom is 0.0446 e. The van der Waals surface area contributed by atoms with Crippen molar-refractivity contribution < 1.29 is 0 Å². The van der Waals surface area contributed by atoms with E-state index < -0.39 is 0 Å². The molecule has 26 heavy (non-hydrogen) atoms. The molecule has 0 atom stereocenters. The van der Waals surface area contributed by atoms with Gasteiger partial charge in [0, 0.05) is 57.6 Å². The average Bonchev–Trinajstić information content (AvgIpc) is 2.78. The zero-order chi connectivity index (χ0) is 17.9. The molecule has 2 heterocycles. The molecule has 3 nitrogen and oxygen atoms in total. The number of fused-ring (bicyclic) bond motifs is 2. The molecule has 0 saturated carbocycles. The molecule has 0 amide bonds. The highest BCUT2D eigenvalue weighted by molar-refractivity contribution is 5.89. The van der Waals surface area contributed by atoms with Crippen LogP contribution in [0.3, 0.4) is 0 Å². The first-order chi connectivity index (χ1) is 12.7. The molecule has 0 radical (unpaired) electrons. The van der Waals surface area contributed by atoms with Crippen molar-refractivity contribution in [2.75, 3.05) is 51.7 Å². The normalized spacial score (nSPS) is 19.9. The van der Waals surface area contributed by atoms with Gasteiger partial charge in [0.2, 0.25) is 0 Å². The van der Waals surface area contributed by atoms with E-state index in [0.717, 1.165) is 19.5 Å². The summed E-state index contributed by atoms with van der Waals surface area (Å²) >= 11 is 0. The van der Waals surface area contributed by atoms with Gasteiger partial charge in [-0.25, -0.2) is 0 Å². The molecule has 2 aliphatic heterocycles. The molecule has 1 saturated heterocycles. The molecule has 1 fully saturated rings. The first-order valence-electron chi connectivity index (χ1n) is 9.72. The van der Waals surface area contributed by atoms with Gasteiger partial charge in [-0.3, -0.25) is 0 Å². The minimum absolute atomic E-state index is 0.961. The van der Waals surface area contributed by atoms with Crippen molar-refractivity contribution >= 4 is 11.3 Å².